The van der Waals surface area contributed by atoms with Gasteiger partial charge in [-0.3, -0.25) is 0 Å². The van der Waals surface area contributed by atoms with E-state index in [0.717, 1.165) is 4.79 Å². The summed E-state index contributed by atoms with van der Waals surface area (Å²) in [4.78, 5) is 13.1. The second kappa shape index (κ2) is 7.51. The van der Waals surface area contributed by atoms with E-state index in [2.05, 4.69) is 117 Å². The third kappa shape index (κ3) is 9.33. The van der Waals surface area contributed by atoms with Crippen LogP contribution in [0.5, 0.6) is 0 Å². The van der Waals surface area contributed by atoms with Crippen LogP contribution in [0.3, 0.4) is 0 Å². The molecule has 0 heterocycles. The van der Waals surface area contributed by atoms with Crippen molar-refractivity contribution in [1.29, 1.82) is 0 Å². The van der Waals surface area contributed by atoms with Crippen molar-refractivity contribution >= 4 is 24.7 Å². The zero-order valence-corrected chi connectivity index (χ0v) is 23.1. The minimum absolute atomic E-state index is 0.159. The Morgan fingerprint density at radius 2 is 0.600 bits per heavy atom. The second-order valence-corrected chi connectivity index (χ2v) is 27.3. The highest BCUT2D eigenvalue weighted by molar-refractivity contribution is 7.11. The van der Waals surface area contributed by atoms with Crippen LogP contribution in [-0.2, 0) is 0 Å². The van der Waals surface area contributed by atoms with Gasteiger partial charge in [-0.1, -0.05) is 39.3 Å². The fraction of sp³-hybridized carbons (Fsp3) is 1.00. The Morgan fingerprint density at radius 1 is 0.440 bits per heavy atom. The molecule has 0 aromatic carbocycles. The topological polar surface area (TPSA) is 36.1 Å². The number of hydrogen-bond acceptors (Lipinski definition) is 3. The molecule has 0 aromatic rings. The van der Waals surface area contributed by atoms with Crippen molar-refractivity contribution in [3.8, 4) is 0 Å². The van der Waals surface area contributed by atoms with Crippen LogP contribution in [0.4, 0.5) is 0 Å². The third-order valence-electron chi connectivity index (χ3n) is 4.26. The summed E-state index contributed by atoms with van der Waals surface area (Å²) < 4.78 is 0. The standard InChI is InChI=1S/C19H49N3Si3/c1-17(2,3)20-23(10,11)16(24(12,13)21-18(4,5)6)25(14,15)22-19(7,8)9/h16,20-22H,1-15H3. The highest BCUT2D eigenvalue weighted by Gasteiger charge is 2.55. The molecule has 0 saturated carbocycles. The van der Waals surface area contributed by atoms with Gasteiger partial charge in [-0.15, -0.1) is 0 Å². The second-order valence-electron chi connectivity index (χ2n) is 12.7. The normalized spacial score (nSPS) is 15.8. The highest BCUT2D eigenvalue weighted by Crippen LogP contribution is 2.39. The number of rotatable bonds is 6. The van der Waals surface area contributed by atoms with Crippen molar-refractivity contribution < 1.29 is 0 Å². The van der Waals surface area contributed by atoms with Gasteiger partial charge in [0.05, 0.1) is 0 Å². The van der Waals surface area contributed by atoms with Crippen molar-refractivity contribution in [1.82, 2.24) is 14.9 Å². The summed E-state index contributed by atoms with van der Waals surface area (Å²) in [6, 6.07) is 0. The summed E-state index contributed by atoms with van der Waals surface area (Å²) in [7, 11) is -5.07. The van der Waals surface area contributed by atoms with E-state index in [1.807, 2.05) is 0 Å². The first-order valence-corrected chi connectivity index (χ1v) is 19.1. The molecule has 0 amide bonds. The van der Waals surface area contributed by atoms with Crippen molar-refractivity contribution in [2.45, 2.75) is 123 Å². The van der Waals surface area contributed by atoms with Crippen LogP contribution in [-0.4, -0.2) is 41.3 Å². The van der Waals surface area contributed by atoms with Crippen LogP contribution < -0.4 is 14.9 Å². The van der Waals surface area contributed by atoms with Crippen LogP contribution >= 0.6 is 0 Å². The summed E-state index contributed by atoms with van der Waals surface area (Å²) in [6.45, 7) is 36.2. The van der Waals surface area contributed by atoms with E-state index in [4.69, 9.17) is 0 Å². The Hall–Kier alpha value is 0.531. The minimum Gasteiger partial charge on any atom is -0.333 e. The van der Waals surface area contributed by atoms with Gasteiger partial charge >= 0.3 is 0 Å². The molecule has 0 aliphatic heterocycles. The molecule has 3 nitrogen and oxygen atoms in total. The Balaban J connectivity index is 6.14. The molecule has 0 spiro atoms. The largest absolute Gasteiger partial charge is 0.333 e. The fourth-order valence-corrected chi connectivity index (χ4v) is 35.0. The molecule has 0 aliphatic rings. The quantitative estimate of drug-likeness (QED) is 0.532. The van der Waals surface area contributed by atoms with Crippen molar-refractivity contribution in [3.63, 3.8) is 0 Å². The molecule has 3 N–H and O–H groups in total. The van der Waals surface area contributed by atoms with E-state index in [0.29, 0.717) is 0 Å². The van der Waals surface area contributed by atoms with Gasteiger partial charge in [-0.2, -0.15) is 0 Å². The van der Waals surface area contributed by atoms with E-state index in [1.165, 1.54) is 0 Å². The summed E-state index contributed by atoms with van der Waals surface area (Å²) in [6.07, 6.45) is 0. The molecule has 0 rings (SSSR count). The minimum atomic E-state index is -1.69. The average Bonchev–Trinajstić information content (AvgIpc) is 1.98. The first-order chi connectivity index (χ1) is 10.5. The van der Waals surface area contributed by atoms with E-state index in [1.54, 1.807) is 0 Å². The zero-order valence-electron chi connectivity index (χ0n) is 20.1. The molecule has 0 fully saturated rings. The molecule has 0 saturated heterocycles. The lowest BCUT2D eigenvalue weighted by Crippen LogP contribution is -2.77. The number of nitrogens with one attached hydrogen (secondary N) is 3. The Bertz CT molecular complexity index is 372. The van der Waals surface area contributed by atoms with Crippen LogP contribution in [0.1, 0.15) is 62.3 Å². The van der Waals surface area contributed by atoms with E-state index >= 15 is 0 Å². The van der Waals surface area contributed by atoms with Crippen molar-refractivity contribution in [2.75, 3.05) is 0 Å². The van der Waals surface area contributed by atoms with Gasteiger partial charge in [0.15, 0.2) is 0 Å². The molecule has 0 unspecified atom stereocenters. The molecule has 0 aliphatic carbocycles. The maximum Gasteiger partial charge on any atom is 0.120 e. The average molecular weight is 404 g/mol. The molecule has 0 bridgehead atoms. The predicted octanol–water partition coefficient (Wildman–Crippen LogP) is 5.21. The third-order valence-corrected chi connectivity index (χ3v) is 25.8. The summed E-state index contributed by atoms with van der Waals surface area (Å²) >= 11 is 0. The van der Waals surface area contributed by atoms with Crippen LogP contribution in [0, 0.1) is 0 Å². The summed E-state index contributed by atoms with van der Waals surface area (Å²) in [5.74, 6) is 0. The lowest BCUT2D eigenvalue weighted by Gasteiger charge is -2.54. The lowest BCUT2D eigenvalue weighted by molar-refractivity contribution is 0.497. The van der Waals surface area contributed by atoms with E-state index in [-0.39, 0.29) is 16.6 Å². The summed E-state index contributed by atoms with van der Waals surface area (Å²) in [5.41, 5.74) is 0.477. The monoisotopic (exact) mass is 403 g/mol. The molecule has 6 heteroatoms. The van der Waals surface area contributed by atoms with Crippen LogP contribution in [0.2, 0.25) is 44.1 Å². The molecule has 0 atom stereocenters. The van der Waals surface area contributed by atoms with Crippen molar-refractivity contribution in [2.24, 2.45) is 0 Å². The van der Waals surface area contributed by atoms with Gasteiger partial charge in [0.1, 0.15) is 24.7 Å². The van der Waals surface area contributed by atoms with Gasteiger partial charge in [-0.25, -0.2) is 0 Å². The maximum atomic E-state index is 4.11. The van der Waals surface area contributed by atoms with Crippen molar-refractivity contribution in [3.05, 3.63) is 0 Å². The first kappa shape index (κ1) is 25.5. The first-order valence-electron chi connectivity index (χ1n) is 9.87. The molecule has 25 heavy (non-hydrogen) atoms. The highest BCUT2D eigenvalue weighted by atomic mass is 28.5. The van der Waals surface area contributed by atoms with Crippen LogP contribution in [0.15, 0.2) is 0 Å². The van der Waals surface area contributed by atoms with E-state index < -0.39 is 24.7 Å². The van der Waals surface area contributed by atoms with Gasteiger partial charge < -0.3 is 14.9 Å². The zero-order chi connectivity index (χ0) is 20.7. The maximum absolute atomic E-state index is 4.11. The Labute approximate surface area is 162 Å². The SMILES string of the molecule is CC(C)(C)N[Si](C)(C)C([Si](C)(C)NC(C)(C)C)[Si](C)(C)NC(C)(C)C. The van der Waals surface area contributed by atoms with Gasteiger partial charge in [0.25, 0.3) is 0 Å². The molecule has 0 aromatic heterocycles. The lowest BCUT2D eigenvalue weighted by atomic mass is 10.1. The smallest absolute Gasteiger partial charge is 0.120 e. The molecule has 152 valence electrons. The van der Waals surface area contributed by atoms with Gasteiger partial charge in [-0.05, 0) is 67.1 Å². The molecular weight excluding hydrogens is 354 g/mol. The van der Waals surface area contributed by atoms with Crippen LogP contribution in [0.25, 0.3) is 0 Å². The molecule has 0 radical (unpaired) electrons. The van der Waals surface area contributed by atoms with Gasteiger partial charge in [0, 0.05) is 16.6 Å². The van der Waals surface area contributed by atoms with Gasteiger partial charge in [0.2, 0.25) is 0 Å². The predicted molar refractivity (Wildman–Crippen MR) is 125 cm³/mol. The molecular formula is C19H49N3Si3. The number of hydrogen-bond donors (Lipinski definition) is 3. The summed E-state index contributed by atoms with van der Waals surface area (Å²) in [5, 5.41) is 0. The Kier molecular flexibility index (Phi) is 7.67. The van der Waals surface area contributed by atoms with E-state index in [9.17, 15) is 0 Å². The Morgan fingerprint density at radius 3 is 0.720 bits per heavy atom. The fourth-order valence-electron chi connectivity index (χ4n) is 5.82.